The minimum absolute atomic E-state index is 0.679. The van der Waals surface area contributed by atoms with Gasteiger partial charge in [0, 0.05) is 16.5 Å². The smallest absolute Gasteiger partial charge is 0.200 e. The van der Waals surface area contributed by atoms with E-state index in [1.807, 2.05) is 0 Å². The monoisotopic (exact) mass is 332 g/mol. The summed E-state index contributed by atoms with van der Waals surface area (Å²) < 4.78 is 2.29. The Labute approximate surface area is 152 Å². The van der Waals surface area contributed by atoms with E-state index < -0.39 is 0 Å². The van der Waals surface area contributed by atoms with Crippen LogP contribution in [0.25, 0.3) is 22.0 Å². The minimum Gasteiger partial charge on any atom is -0.200 e. The number of aromatic nitrogens is 1. The molecule has 0 bridgehead atoms. The van der Waals surface area contributed by atoms with E-state index in [4.69, 9.17) is 0 Å². The van der Waals surface area contributed by atoms with Gasteiger partial charge in [-0.3, -0.25) is 0 Å². The predicted octanol–water partition coefficient (Wildman–Crippen LogP) is 5.76. The Hall–Kier alpha value is -2.15. The van der Waals surface area contributed by atoms with Crippen LogP contribution in [0.5, 0.6) is 0 Å². The van der Waals surface area contributed by atoms with E-state index in [0.29, 0.717) is 5.92 Å². The molecule has 0 aliphatic rings. The van der Waals surface area contributed by atoms with Gasteiger partial charge in [-0.25, -0.2) is 4.57 Å². The molecule has 0 saturated heterocycles. The number of rotatable bonds is 3. The zero-order valence-corrected chi connectivity index (χ0v) is 16.7. The van der Waals surface area contributed by atoms with Gasteiger partial charge >= 0.3 is 0 Å². The highest BCUT2D eigenvalue weighted by molar-refractivity contribution is 5.89. The van der Waals surface area contributed by atoms with Crippen molar-refractivity contribution in [2.75, 3.05) is 0 Å². The third-order valence-electron chi connectivity index (χ3n) is 5.27. The molecule has 3 rings (SSSR count). The summed E-state index contributed by atoms with van der Waals surface area (Å²) in [5, 5.41) is 2.70. The summed E-state index contributed by atoms with van der Waals surface area (Å²) in [6.45, 7) is 13.5. The van der Waals surface area contributed by atoms with Crippen molar-refractivity contribution in [3.05, 3.63) is 64.3 Å². The minimum atomic E-state index is 0.679. The van der Waals surface area contributed by atoms with Crippen molar-refractivity contribution < 1.29 is 4.57 Å². The Morgan fingerprint density at radius 2 is 1.64 bits per heavy atom. The highest BCUT2D eigenvalue weighted by Gasteiger charge is 2.20. The maximum Gasteiger partial charge on any atom is 0.216 e. The molecule has 1 nitrogen and oxygen atoms in total. The topological polar surface area (TPSA) is 3.88 Å². The maximum absolute atomic E-state index is 2.39. The molecule has 130 valence electrons. The summed E-state index contributed by atoms with van der Waals surface area (Å²) in [5.41, 5.74) is 9.56. The Bertz CT molecular complexity index is 948. The van der Waals surface area contributed by atoms with Gasteiger partial charge in [0.05, 0.1) is 0 Å². The molecule has 0 amide bonds. The second-order valence-electron chi connectivity index (χ2n) is 7.99. The molecule has 0 unspecified atom stereocenters. The van der Waals surface area contributed by atoms with Crippen LogP contribution < -0.4 is 4.57 Å². The molecule has 0 N–H and O–H groups in total. The first kappa shape index (κ1) is 17.7. The van der Waals surface area contributed by atoms with Crippen molar-refractivity contribution in [3.63, 3.8) is 0 Å². The molecular formula is C24H30N+. The van der Waals surface area contributed by atoms with E-state index in [1.165, 1.54) is 49.8 Å². The average molecular weight is 333 g/mol. The van der Waals surface area contributed by atoms with Crippen LogP contribution in [-0.2, 0) is 13.5 Å². The fourth-order valence-electron chi connectivity index (χ4n) is 3.98. The van der Waals surface area contributed by atoms with Gasteiger partial charge in [0.2, 0.25) is 5.69 Å². The molecule has 1 aromatic heterocycles. The summed E-state index contributed by atoms with van der Waals surface area (Å²) in [4.78, 5) is 0. The second-order valence-corrected chi connectivity index (χ2v) is 7.99. The van der Waals surface area contributed by atoms with Gasteiger partial charge in [-0.1, -0.05) is 37.6 Å². The van der Waals surface area contributed by atoms with Crippen LogP contribution >= 0.6 is 0 Å². The van der Waals surface area contributed by atoms with Gasteiger partial charge in [0.25, 0.3) is 0 Å². The first-order chi connectivity index (χ1) is 11.8. The first-order valence-electron chi connectivity index (χ1n) is 9.28. The fourth-order valence-corrected chi connectivity index (χ4v) is 3.98. The molecule has 2 aromatic carbocycles. The third-order valence-corrected chi connectivity index (χ3v) is 5.27. The maximum atomic E-state index is 2.39. The van der Waals surface area contributed by atoms with Crippen LogP contribution in [0.3, 0.4) is 0 Å². The predicted molar refractivity (Wildman–Crippen MR) is 108 cm³/mol. The summed E-state index contributed by atoms with van der Waals surface area (Å²) in [6, 6.07) is 11.6. The van der Waals surface area contributed by atoms with E-state index >= 15 is 0 Å². The zero-order valence-electron chi connectivity index (χ0n) is 16.7. The third kappa shape index (κ3) is 3.33. The Morgan fingerprint density at radius 3 is 2.32 bits per heavy atom. The van der Waals surface area contributed by atoms with Crippen LogP contribution in [0.1, 0.15) is 41.7 Å². The highest BCUT2D eigenvalue weighted by Crippen LogP contribution is 2.31. The number of hydrogen-bond acceptors (Lipinski definition) is 0. The van der Waals surface area contributed by atoms with Crippen molar-refractivity contribution in [2.24, 2.45) is 13.0 Å². The molecule has 0 atom stereocenters. The number of hydrogen-bond donors (Lipinski definition) is 0. The van der Waals surface area contributed by atoms with Crippen molar-refractivity contribution in [1.82, 2.24) is 0 Å². The molecule has 1 heteroatoms. The molecule has 0 aliphatic carbocycles. The average Bonchev–Trinajstić information content (AvgIpc) is 2.52. The Balaban J connectivity index is 2.29. The van der Waals surface area contributed by atoms with E-state index in [1.54, 1.807) is 0 Å². The van der Waals surface area contributed by atoms with Crippen LogP contribution in [0, 0.1) is 33.6 Å². The normalized spacial score (nSPS) is 11.5. The van der Waals surface area contributed by atoms with Crippen LogP contribution in [0.2, 0.25) is 0 Å². The van der Waals surface area contributed by atoms with E-state index in [-0.39, 0.29) is 0 Å². The SMILES string of the molecule is Cc1cc(C)c(C)c(-c2c(C)c3cc(CC(C)C)ccc3c[n+]2C)c1. The highest BCUT2D eigenvalue weighted by atomic mass is 14.9. The second kappa shape index (κ2) is 6.63. The fraction of sp³-hybridized carbons (Fsp3) is 0.375. The Kier molecular flexibility index (Phi) is 4.69. The van der Waals surface area contributed by atoms with Crippen LogP contribution in [0.15, 0.2) is 36.5 Å². The molecular weight excluding hydrogens is 302 g/mol. The van der Waals surface area contributed by atoms with Gasteiger partial charge in [-0.05, 0) is 74.2 Å². The summed E-state index contributed by atoms with van der Waals surface area (Å²) in [5.74, 6) is 0.679. The van der Waals surface area contributed by atoms with E-state index in [0.717, 1.165) is 6.42 Å². The summed E-state index contributed by atoms with van der Waals surface area (Å²) in [6.07, 6.45) is 3.41. The quantitative estimate of drug-likeness (QED) is 0.537. The number of fused-ring (bicyclic) bond motifs is 1. The zero-order chi connectivity index (χ0) is 18.3. The van der Waals surface area contributed by atoms with Crippen molar-refractivity contribution >= 4 is 10.8 Å². The molecule has 0 fully saturated rings. The molecule has 0 spiro atoms. The summed E-state index contributed by atoms with van der Waals surface area (Å²) in [7, 11) is 2.17. The van der Waals surface area contributed by atoms with Crippen LogP contribution in [0.4, 0.5) is 0 Å². The standard InChI is InChI=1S/C24H30N/c1-15(2)10-20-8-9-21-14-25(7)24(19(6)22(21)13-20)23-12-16(3)11-17(4)18(23)5/h8-9,11-15H,10H2,1-7H3/q+1. The molecule has 0 aliphatic heterocycles. The van der Waals surface area contributed by atoms with Crippen molar-refractivity contribution in [2.45, 2.75) is 48.0 Å². The van der Waals surface area contributed by atoms with Gasteiger partial charge < -0.3 is 0 Å². The van der Waals surface area contributed by atoms with Gasteiger partial charge in [0.15, 0.2) is 6.20 Å². The molecule has 0 radical (unpaired) electrons. The lowest BCUT2D eigenvalue weighted by molar-refractivity contribution is -0.659. The molecule has 3 aromatic rings. The molecule has 25 heavy (non-hydrogen) atoms. The molecule has 0 saturated carbocycles. The lowest BCUT2D eigenvalue weighted by atomic mass is 9.92. The number of aryl methyl sites for hydroxylation is 4. The van der Waals surface area contributed by atoms with E-state index in [2.05, 4.69) is 89.7 Å². The van der Waals surface area contributed by atoms with Crippen molar-refractivity contribution in [3.8, 4) is 11.3 Å². The van der Waals surface area contributed by atoms with Crippen LogP contribution in [-0.4, -0.2) is 0 Å². The summed E-state index contributed by atoms with van der Waals surface area (Å²) >= 11 is 0. The van der Waals surface area contributed by atoms with Gasteiger partial charge in [0.1, 0.15) is 7.05 Å². The number of nitrogens with zero attached hydrogens (tertiary/aromatic N) is 1. The first-order valence-corrected chi connectivity index (χ1v) is 9.28. The number of pyridine rings is 1. The van der Waals surface area contributed by atoms with Crippen molar-refractivity contribution in [1.29, 1.82) is 0 Å². The largest absolute Gasteiger partial charge is 0.216 e. The molecule has 1 heterocycles. The lowest BCUT2D eigenvalue weighted by Crippen LogP contribution is -2.32. The van der Waals surface area contributed by atoms with Gasteiger partial charge in [-0.2, -0.15) is 0 Å². The lowest BCUT2D eigenvalue weighted by Gasteiger charge is -2.14. The van der Waals surface area contributed by atoms with E-state index in [9.17, 15) is 0 Å². The Morgan fingerprint density at radius 1 is 0.920 bits per heavy atom. The van der Waals surface area contributed by atoms with Gasteiger partial charge in [-0.15, -0.1) is 0 Å². The number of benzene rings is 2.